The van der Waals surface area contributed by atoms with Crippen molar-refractivity contribution >= 4 is 17.9 Å². The minimum atomic E-state index is -0.794. The van der Waals surface area contributed by atoms with Gasteiger partial charge in [0.1, 0.15) is 13.2 Å². The molecule has 0 fully saturated rings. The molecule has 0 rings (SSSR count). The maximum Gasteiger partial charge on any atom is 0.306 e. The molecule has 0 aromatic rings. The quantitative estimate of drug-likeness (QED) is 0.0261. The van der Waals surface area contributed by atoms with E-state index < -0.39 is 6.10 Å². The standard InChI is InChI=1S/C75H126O6/c1-4-7-10-13-16-19-22-25-28-30-31-32-33-34-35-36-37-38-39-40-41-42-43-45-47-50-53-56-59-62-65-68-74(77)80-71-72(70-79-73(76)67-64-61-58-55-52-49-46-27-24-21-18-15-12-9-6-3)81-75(78)69-66-63-60-57-54-51-48-44-29-26-23-20-17-14-11-8-5-2/h7,10,16,19,25-29,31-32,34-35,37-38,40-41,43,45-46,72H,4-6,8-9,11-15,17-18,20-24,30,33,36,39,42,44,47-71H2,1-3H3/b10-7-,19-16-,28-25-,29-26-,32-31-,35-34-,38-37-,41-40-,45-43-,46-27-. The summed E-state index contributed by atoms with van der Waals surface area (Å²) in [5.41, 5.74) is 0. The van der Waals surface area contributed by atoms with Crippen LogP contribution in [0.4, 0.5) is 0 Å². The van der Waals surface area contributed by atoms with E-state index in [-0.39, 0.29) is 31.1 Å². The molecule has 0 saturated carbocycles. The first-order chi connectivity index (χ1) is 40.0. The van der Waals surface area contributed by atoms with Gasteiger partial charge in [0.15, 0.2) is 6.10 Å². The first-order valence-corrected chi connectivity index (χ1v) is 34.0. The van der Waals surface area contributed by atoms with Gasteiger partial charge in [-0.05, 0) is 135 Å². The molecule has 0 aliphatic heterocycles. The molecule has 0 saturated heterocycles. The van der Waals surface area contributed by atoms with Crippen LogP contribution in [0.5, 0.6) is 0 Å². The molecule has 0 aromatic carbocycles. The summed E-state index contributed by atoms with van der Waals surface area (Å²) in [6.45, 7) is 6.52. The van der Waals surface area contributed by atoms with Gasteiger partial charge in [-0.2, -0.15) is 0 Å². The summed E-state index contributed by atoms with van der Waals surface area (Å²) in [4.78, 5) is 38.4. The molecule has 0 amide bonds. The first-order valence-electron chi connectivity index (χ1n) is 34.0. The Morgan fingerprint density at radius 1 is 0.259 bits per heavy atom. The first kappa shape index (κ1) is 76.8. The molecular weight excluding hydrogens is 997 g/mol. The summed E-state index contributed by atoms with van der Waals surface area (Å²) in [6.07, 6.45) is 94.9. The van der Waals surface area contributed by atoms with E-state index in [0.29, 0.717) is 19.3 Å². The van der Waals surface area contributed by atoms with E-state index >= 15 is 0 Å². The highest BCUT2D eigenvalue weighted by Crippen LogP contribution is 2.15. The van der Waals surface area contributed by atoms with Gasteiger partial charge in [0.25, 0.3) is 0 Å². The van der Waals surface area contributed by atoms with E-state index in [1.54, 1.807) is 0 Å². The van der Waals surface area contributed by atoms with Crippen LogP contribution in [0.15, 0.2) is 122 Å². The molecule has 0 radical (unpaired) electrons. The highest BCUT2D eigenvalue weighted by atomic mass is 16.6. The highest BCUT2D eigenvalue weighted by molar-refractivity contribution is 5.71. The van der Waals surface area contributed by atoms with E-state index in [1.807, 2.05) is 0 Å². The van der Waals surface area contributed by atoms with Gasteiger partial charge in [-0.1, -0.05) is 284 Å². The van der Waals surface area contributed by atoms with Gasteiger partial charge in [-0.15, -0.1) is 0 Å². The summed E-state index contributed by atoms with van der Waals surface area (Å²) in [5, 5.41) is 0. The Kier molecular flexibility index (Phi) is 64.8. The number of allylic oxidation sites excluding steroid dienone is 20. The number of carbonyl (C=O) groups is 3. The molecule has 0 heterocycles. The van der Waals surface area contributed by atoms with Crippen LogP contribution < -0.4 is 0 Å². The van der Waals surface area contributed by atoms with Gasteiger partial charge in [0, 0.05) is 19.3 Å². The van der Waals surface area contributed by atoms with Crippen LogP contribution in [0.3, 0.4) is 0 Å². The molecule has 6 nitrogen and oxygen atoms in total. The van der Waals surface area contributed by atoms with Crippen molar-refractivity contribution in [1.29, 1.82) is 0 Å². The van der Waals surface area contributed by atoms with Crippen LogP contribution in [0.1, 0.15) is 316 Å². The lowest BCUT2D eigenvalue weighted by atomic mass is 10.1. The summed E-state index contributed by atoms with van der Waals surface area (Å²) in [7, 11) is 0. The zero-order valence-electron chi connectivity index (χ0n) is 53.0. The SMILES string of the molecule is CC/C=C\C/C=C\C/C=C\C/C=C\C/C=C\C/C=C\C/C=C\C/C=C\CCCCCCCCC(=O)OCC(COC(=O)CCCCCCC/C=C\CCCCCCCC)OC(=O)CCCCCCCCC/C=C\CCCCCCCC. The van der Waals surface area contributed by atoms with Crippen molar-refractivity contribution in [1.82, 2.24) is 0 Å². The van der Waals surface area contributed by atoms with Gasteiger partial charge in [-0.25, -0.2) is 0 Å². The maximum atomic E-state index is 12.9. The molecule has 1 unspecified atom stereocenters. The zero-order valence-corrected chi connectivity index (χ0v) is 53.0. The van der Waals surface area contributed by atoms with Crippen molar-refractivity contribution in [2.24, 2.45) is 0 Å². The Morgan fingerprint density at radius 2 is 0.481 bits per heavy atom. The fourth-order valence-electron chi connectivity index (χ4n) is 9.33. The van der Waals surface area contributed by atoms with Crippen molar-refractivity contribution < 1.29 is 28.6 Å². The molecular formula is C75H126O6. The number of ether oxygens (including phenoxy) is 3. The van der Waals surface area contributed by atoms with E-state index in [1.165, 1.54) is 148 Å². The number of hydrogen-bond donors (Lipinski definition) is 0. The van der Waals surface area contributed by atoms with E-state index in [0.717, 1.165) is 128 Å². The Hall–Kier alpha value is -4.19. The number of rotatable bonds is 61. The molecule has 0 N–H and O–H groups in total. The van der Waals surface area contributed by atoms with Gasteiger partial charge in [-0.3, -0.25) is 14.4 Å². The third-order valence-electron chi connectivity index (χ3n) is 14.4. The predicted octanol–water partition coefficient (Wildman–Crippen LogP) is 23.6. The monoisotopic (exact) mass is 1120 g/mol. The second-order valence-corrected chi connectivity index (χ2v) is 22.3. The number of esters is 3. The third-order valence-corrected chi connectivity index (χ3v) is 14.4. The Labute approximate surface area is 501 Å². The van der Waals surface area contributed by atoms with Gasteiger partial charge < -0.3 is 14.2 Å². The minimum Gasteiger partial charge on any atom is -0.462 e. The van der Waals surface area contributed by atoms with Crippen LogP contribution in [0, 0.1) is 0 Å². The lowest BCUT2D eigenvalue weighted by molar-refractivity contribution is -0.167. The fraction of sp³-hybridized carbons (Fsp3) is 0.693. The minimum absolute atomic E-state index is 0.0892. The summed E-state index contributed by atoms with van der Waals surface area (Å²) in [5.74, 6) is -0.908. The lowest BCUT2D eigenvalue weighted by Gasteiger charge is -2.18. The average molecular weight is 1120 g/mol. The number of carbonyl (C=O) groups excluding carboxylic acids is 3. The van der Waals surface area contributed by atoms with Crippen molar-refractivity contribution in [2.45, 2.75) is 322 Å². The largest absolute Gasteiger partial charge is 0.462 e. The molecule has 0 aromatic heterocycles. The van der Waals surface area contributed by atoms with E-state index in [9.17, 15) is 14.4 Å². The molecule has 1 atom stereocenters. The Morgan fingerprint density at radius 3 is 0.765 bits per heavy atom. The van der Waals surface area contributed by atoms with Crippen molar-refractivity contribution in [3.8, 4) is 0 Å². The lowest BCUT2D eigenvalue weighted by Crippen LogP contribution is -2.30. The molecule has 0 bridgehead atoms. The molecule has 0 aliphatic carbocycles. The van der Waals surface area contributed by atoms with E-state index in [4.69, 9.17) is 14.2 Å². The molecule has 462 valence electrons. The maximum absolute atomic E-state index is 12.9. The second kappa shape index (κ2) is 68.3. The average Bonchev–Trinajstić information content (AvgIpc) is 3.47. The summed E-state index contributed by atoms with van der Waals surface area (Å²) < 4.78 is 16.9. The fourth-order valence-corrected chi connectivity index (χ4v) is 9.33. The van der Waals surface area contributed by atoms with Crippen molar-refractivity contribution in [2.75, 3.05) is 13.2 Å². The summed E-state index contributed by atoms with van der Waals surface area (Å²) in [6, 6.07) is 0. The summed E-state index contributed by atoms with van der Waals surface area (Å²) >= 11 is 0. The molecule has 0 spiro atoms. The number of unbranched alkanes of at least 4 members (excludes halogenated alkanes) is 30. The van der Waals surface area contributed by atoms with Crippen LogP contribution in [0.2, 0.25) is 0 Å². The van der Waals surface area contributed by atoms with Crippen molar-refractivity contribution in [3.63, 3.8) is 0 Å². The Bertz CT molecular complexity index is 1670. The molecule has 81 heavy (non-hydrogen) atoms. The second-order valence-electron chi connectivity index (χ2n) is 22.3. The Balaban J connectivity index is 4.36. The van der Waals surface area contributed by atoms with Crippen LogP contribution >= 0.6 is 0 Å². The van der Waals surface area contributed by atoms with Crippen molar-refractivity contribution in [3.05, 3.63) is 122 Å². The highest BCUT2D eigenvalue weighted by Gasteiger charge is 2.19. The smallest absolute Gasteiger partial charge is 0.306 e. The predicted molar refractivity (Wildman–Crippen MR) is 353 cm³/mol. The van der Waals surface area contributed by atoms with Gasteiger partial charge in [0.2, 0.25) is 0 Å². The normalized spacial score (nSPS) is 12.9. The van der Waals surface area contributed by atoms with Crippen LogP contribution in [-0.4, -0.2) is 37.2 Å². The van der Waals surface area contributed by atoms with E-state index in [2.05, 4.69) is 142 Å². The third kappa shape index (κ3) is 66.5. The number of hydrogen-bond acceptors (Lipinski definition) is 6. The zero-order chi connectivity index (χ0) is 58.5. The molecule has 0 aliphatic rings. The van der Waals surface area contributed by atoms with Crippen LogP contribution in [0.25, 0.3) is 0 Å². The van der Waals surface area contributed by atoms with Crippen LogP contribution in [-0.2, 0) is 28.6 Å². The topological polar surface area (TPSA) is 78.9 Å². The molecule has 6 heteroatoms. The van der Waals surface area contributed by atoms with Gasteiger partial charge in [0.05, 0.1) is 0 Å². The van der Waals surface area contributed by atoms with Gasteiger partial charge >= 0.3 is 17.9 Å².